The Hall–Kier alpha value is -4.78. The van der Waals surface area contributed by atoms with E-state index in [-0.39, 0.29) is 39.8 Å². The molecule has 1 aliphatic rings. The predicted molar refractivity (Wildman–Crippen MR) is 194 cm³/mol. The molecule has 5 rings (SSSR count). The zero-order valence-electron chi connectivity index (χ0n) is 28.8. The van der Waals surface area contributed by atoms with Gasteiger partial charge in [0.2, 0.25) is 11.8 Å². The number of halogens is 2. The first kappa shape index (κ1) is 36.5. The second kappa shape index (κ2) is 17.2. The third-order valence-electron chi connectivity index (χ3n) is 8.31. The van der Waals surface area contributed by atoms with E-state index in [2.05, 4.69) is 42.8 Å². The maximum absolute atomic E-state index is 15.0. The molecule has 13 heteroatoms. The largest absolute Gasteiger partial charge is 0.490 e. The first-order chi connectivity index (χ1) is 24.1. The molecule has 264 valence electrons. The molecule has 3 aromatic carbocycles. The summed E-state index contributed by atoms with van der Waals surface area (Å²) in [6, 6.07) is 14.8. The molecule has 4 aromatic rings. The lowest BCUT2D eigenvalue weighted by Crippen LogP contribution is -2.44. The average molecular weight is 704 g/mol. The van der Waals surface area contributed by atoms with E-state index in [0.717, 1.165) is 56.7 Å². The molecule has 0 spiro atoms. The molecule has 0 saturated carbocycles. The zero-order valence-corrected chi connectivity index (χ0v) is 29.6. The highest BCUT2D eigenvalue weighted by molar-refractivity contribution is 6.32. The van der Waals surface area contributed by atoms with Crippen LogP contribution in [0, 0.1) is 19.7 Å². The van der Waals surface area contributed by atoms with E-state index in [1.54, 1.807) is 18.2 Å². The Bertz CT molecular complexity index is 1800. The fourth-order valence-corrected chi connectivity index (χ4v) is 5.61. The number of anilines is 3. The Labute approximate surface area is 297 Å². The van der Waals surface area contributed by atoms with Crippen molar-refractivity contribution in [3.05, 3.63) is 93.9 Å². The predicted octanol–water partition coefficient (Wildman–Crippen LogP) is 6.83. The van der Waals surface area contributed by atoms with Gasteiger partial charge in [0.1, 0.15) is 11.3 Å². The first-order valence-corrected chi connectivity index (χ1v) is 17.1. The van der Waals surface area contributed by atoms with Crippen molar-refractivity contribution < 1.29 is 23.5 Å². The monoisotopic (exact) mass is 703 g/mol. The Morgan fingerprint density at radius 1 is 0.980 bits per heavy atom. The van der Waals surface area contributed by atoms with Gasteiger partial charge in [0.25, 0.3) is 11.8 Å². The summed E-state index contributed by atoms with van der Waals surface area (Å²) in [4.78, 5) is 39.5. The lowest BCUT2D eigenvalue weighted by molar-refractivity contribution is 0.0952. The molecule has 3 N–H and O–H groups in total. The molecule has 1 fully saturated rings. The summed E-state index contributed by atoms with van der Waals surface area (Å²) < 4.78 is 26.9. The number of likely N-dealkylation sites (N-methyl/N-ethyl adjacent to an activating group) is 1. The molecule has 1 aromatic heterocycles. The van der Waals surface area contributed by atoms with Crippen LogP contribution in [0.5, 0.6) is 17.4 Å². The minimum atomic E-state index is -0.537. The lowest BCUT2D eigenvalue weighted by atomic mass is 10.1. The van der Waals surface area contributed by atoms with E-state index in [1.807, 2.05) is 39.0 Å². The molecule has 1 aliphatic heterocycles. The molecule has 50 heavy (non-hydrogen) atoms. The number of nitrogens with one attached hydrogen (secondary N) is 3. The zero-order chi connectivity index (χ0) is 35.6. The topological polar surface area (TPSA) is 121 Å². The number of para-hydroxylation sites is 1. The normalized spacial score (nSPS) is 13.5. The quantitative estimate of drug-likeness (QED) is 0.121. The number of aryl methyl sites for hydroxylation is 2. The molecule has 0 bridgehead atoms. The average Bonchev–Trinajstić information content (AvgIpc) is 3.09. The molecule has 11 nitrogen and oxygen atoms in total. The van der Waals surface area contributed by atoms with E-state index in [0.29, 0.717) is 30.1 Å². The van der Waals surface area contributed by atoms with Crippen molar-refractivity contribution in [3.63, 3.8) is 0 Å². The second-order valence-electron chi connectivity index (χ2n) is 12.3. The number of carbonyl (C=O) groups is 2. The van der Waals surface area contributed by atoms with E-state index < -0.39 is 11.7 Å². The van der Waals surface area contributed by atoms with Gasteiger partial charge in [0.15, 0.2) is 11.6 Å². The van der Waals surface area contributed by atoms with Crippen molar-refractivity contribution in [1.29, 1.82) is 0 Å². The van der Waals surface area contributed by atoms with Crippen molar-refractivity contribution in [2.24, 2.45) is 0 Å². The van der Waals surface area contributed by atoms with E-state index in [1.165, 1.54) is 24.4 Å². The van der Waals surface area contributed by atoms with Gasteiger partial charge < -0.3 is 35.2 Å². The van der Waals surface area contributed by atoms with Gasteiger partial charge >= 0.3 is 0 Å². The van der Waals surface area contributed by atoms with Crippen molar-refractivity contribution in [1.82, 2.24) is 25.1 Å². The SMILES string of the molecule is CCCNC(=O)c1ccc(Oc2nc(Nc3ccc(OCCCN4CCN(C)CC4)c(F)c3)ncc2C(=O)Nc2c(C)cccc2C)c(Cl)c1. The van der Waals surface area contributed by atoms with Crippen LogP contribution in [0.3, 0.4) is 0 Å². The van der Waals surface area contributed by atoms with Gasteiger partial charge in [-0.25, -0.2) is 9.37 Å². The fourth-order valence-electron chi connectivity index (χ4n) is 5.39. The number of hydrogen-bond acceptors (Lipinski definition) is 9. The Morgan fingerprint density at radius 3 is 2.42 bits per heavy atom. The molecule has 2 heterocycles. The van der Waals surface area contributed by atoms with Crippen molar-refractivity contribution in [2.75, 3.05) is 63.6 Å². The minimum Gasteiger partial charge on any atom is -0.490 e. The highest BCUT2D eigenvalue weighted by Crippen LogP contribution is 2.33. The van der Waals surface area contributed by atoms with Crippen molar-refractivity contribution >= 4 is 40.7 Å². The van der Waals surface area contributed by atoms with Gasteiger partial charge in [-0.15, -0.1) is 0 Å². The third kappa shape index (κ3) is 9.68. The Kier molecular flexibility index (Phi) is 12.6. The summed E-state index contributed by atoms with van der Waals surface area (Å²) in [6.07, 6.45) is 2.91. The summed E-state index contributed by atoms with van der Waals surface area (Å²) >= 11 is 6.53. The number of nitrogens with zero attached hydrogens (tertiary/aromatic N) is 4. The number of ether oxygens (including phenoxy) is 2. The molecular weight excluding hydrogens is 661 g/mol. The minimum absolute atomic E-state index is 0.0329. The molecule has 1 saturated heterocycles. The van der Waals surface area contributed by atoms with Crippen LogP contribution in [0.2, 0.25) is 5.02 Å². The Morgan fingerprint density at radius 2 is 1.72 bits per heavy atom. The van der Waals surface area contributed by atoms with Crippen molar-refractivity contribution in [2.45, 2.75) is 33.6 Å². The standard InChI is InChI=1S/C37H43ClFN7O4/c1-5-14-40-34(47)26-10-12-31(29(38)21-26)50-36-28(35(48)43-33-24(2)8-6-9-25(33)3)23-41-37(44-36)42-27-11-13-32(30(39)22-27)49-20-7-15-46-18-16-45(4)17-19-46/h6,8-13,21-23H,5,7,14-20H2,1-4H3,(H,40,47)(H,43,48)(H,41,42,44). The molecular formula is C37H43ClFN7O4. The second-order valence-corrected chi connectivity index (χ2v) is 12.7. The first-order valence-electron chi connectivity index (χ1n) is 16.7. The maximum Gasteiger partial charge on any atom is 0.262 e. The van der Waals surface area contributed by atoms with Crippen molar-refractivity contribution in [3.8, 4) is 17.4 Å². The van der Waals surface area contributed by atoms with Gasteiger partial charge in [-0.3, -0.25) is 9.59 Å². The number of carbonyl (C=O) groups excluding carboxylic acids is 2. The molecule has 0 atom stereocenters. The summed E-state index contributed by atoms with van der Waals surface area (Å²) in [7, 11) is 2.12. The van der Waals surface area contributed by atoms with Crippen LogP contribution in [0.25, 0.3) is 0 Å². The van der Waals surface area contributed by atoms with Gasteiger partial charge in [0.05, 0.1) is 11.6 Å². The number of amides is 2. The van der Waals surface area contributed by atoms with Crippen LogP contribution >= 0.6 is 11.6 Å². The number of hydrogen-bond donors (Lipinski definition) is 3. The fraction of sp³-hybridized carbons (Fsp3) is 0.351. The van der Waals surface area contributed by atoms with Gasteiger partial charge in [0, 0.05) is 68.5 Å². The van der Waals surface area contributed by atoms with Gasteiger partial charge in [-0.05, 0) is 75.2 Å². The molecule has 0 aliphatic carbocycles. The number of aromatic nitrogens is 2. The van der Waals surface area contributed by atoms with Crippen LogP contribution in [0.15, 0.2) is 60.8 Å². The smallest absolute Gasteiger partial charge is 0.262 e. The molecule has 0 radical (unpaired) electrons. The van der Waals surface area contributed by atoms with Crippen LogP contribution < -0.4 is 25.4 Å². The van der Waals surface area contributed by atoms with Crippen LogP contribution in [-0.4, -0.2) is 84.5 Å². The summed E-state index contributed by atoms with van der Waals surface area (Å²) in [6.45, 7) is 11.7. The lowest BCUT2D eigenvalue weighted by Gasteiger charge is -2.32. The highest BCUT2D eigenvalue weighted by Gasteiger charge is 2.21. The molecule has 0 unspecified atom stereocenters. The van der Waals surface area contributed by atoms with E-state index in [4.69, 9.17) is 21.1 Å². The third-order valence-corrected chi connectivity index (χ3v) is 8.61. The van der Waals surface area contributed by atoms with Crippen LogP contribution in [0.1, 0.15) is 51.6 Å². The highest BCUT2D eigenvalue weighted by atomic mass is 35.5. The Balaban J connectivity index is 1.32. The van der Waals surface area contributed by atoms with Crippen LogP contribution in [0.4, 0.5) is 21.7 Å². The number of benzene rings is 3. The summed E-state index contributed by atoms with van der Waals surface area (Å²) in [5.74, 6) is -1.03. The van der Waals surface area contributed by atoms with E-state index >= 15 is 4.39 Å². The maximum atomic E-state index is 15.0. The van der Waals surface area contributed by atoms with Gasteiger partial charge in [-0.1, -0.05) is 36.7 Å². The van der Waals surface area contributed by atoms with Crippen LogP contribution in [-0.2, 0) is 0 Å². The van der Waals surface area contributed by atoms with Gasteiger partial charge in [-0.2, -0.15) is 4.98 Å². The molecule has 2 amide bonds. The summed E-state index contributed by atoms with van der Waals surface area (Å²) in [5, 5.41) is 8.86. The number of piperazine rings is 1. The number of rotatable bonds is 14. The summed E-state index contributed by atoms with van der Waals surface area (Å²) in [5.41, 5.74) is 3.17. The van der Waals surface area contributed by atoms with E-state index in [9.17, 15) is 9.59 Å².